The highest BCUT2D eigenvalue weighted by Crippen LogP contribution is 2.14. The van der Waals surface area contributed by atoms with Crippen LogP contribution in [0.25, 0.3) is 5.65 Å². The van der Waals surface area contributed by atoms with E-state index in [0.717, 1.165) is 66.6 Å². The van der Waals surface area contributed by atoms with Gasteiger partial charge < -0.3 is 5.32 Å². The molecule has 0 bridgehead atoms. The molecule has 0 aliphatic carbocycles. The molecule has 26 heavy (non-hydrogen) atoms. The van der Waals surface area contributed by atoms with E-state index in [2.05, 4.69) is 15.3 Å². The third kappa shape index (κ3) is 3.82. The molecule has 2 aromatic heterocycles. The Balaban J connectivity index is 1.56. The minimum atomic E-state index is -0.0670. The summed E-state index contributed by atoms with van der Waals surface area (Å²) < 4.78 is 1.53. The first-order chi connectivity index (χ1) is 12.7. The quantitative estimate of drug-likeness (QED) is 0.718. The molecule has 0 amide bonds. The molecule has 7 heteroatoms. The normalized spacial score (nSPS) is 15.6. The van der Waals surface area contributed by atoms with Crippen LogP contribution >= 0.6 is 11.6 Å². The van der Waals surface area contributed by atoms with Crippen molar-refractivity contribution in [3.63, 3.8) is 0 Å². The van der Waals surface area contributed by atoms with E-state index in [9.17, 15) is 4.79 Å². The van der Waals surface area contributed by atoms with Crippen molar-refractivity contribution in [1.29, 1.82) is 0 Å². The summed E-state index contributed by atoms with van der Waals surface area (Å²) in [5, 5.41) is 7.12. The van der Waals surface area contributed by atoms with E-state index in [0.29, 0.717) is 6.42 Å². The monoisotopic (exact) mass is 371 g/mol. The lowest BCUT2D eigenvalue weighted by molar-refractivity contribution is 0.234. The Morgan fingerprint density at radius 3 is 2.81 bits per heavy atom. The zero-order chi connectivity index (χ0) is 17.9. The predicted molar refractivity (Wildman–Crippen MR) is 103 cm³/mol. The van der Waals surface area contributed by atoms with Gasteiger partial charge in [0.25, 0.3) is 5.56 Å². The molecule has 1 saturated heterocycles. The third-order valence-corrected chi connectivity index (χ3v) is 5.02. The summed E-state index contributed by atoms with van der Waals surface area (Å²) in [6, 6.07) is 9.43. The van der Waals surface area contributed by atoms with E-state index < -0.39 is 0 Å². The standard InChI is InChI=1S/C19H22ClN5O/c20-16-3-1-2-14(10-16)4-5-17-11-18(26)25-19(23-17)15(12-22-25)13-24-8-6-21-7-9-24/h1-3,10-12,21-22H,4-9,13H2. The number of aromatic nitrogens is 3. The van der Waals surface area contributed by atoms with E-state index in [-0.39, 0.29) is 5.56 Å². The molecule has 4 rings (SSSR count). The van der Waals surface area contributed by atoms with Crippen molar-refractivity contribution in [3.8, 4) is 0 Å². The second-order valence-corrected chi connectivity index (χ2v) is 7.14. The van der Waals surface area contributed by atoms with Crippen LogP contribution < -0.4 is 10.9 Å². The Labute approximate surface area is 156 Å². The van der Waals surface area contributed by atoms with E-state index in [1.807, 2.05) is 30.5 Å². The third-order valence-electron chi connectivity index (χ3n) is 4.79. The molecular weight excluding hydrogens is 350 g/mol. The number of hydrogen-bond acceptors (Lipinski definition) is 4. The fourth-order valence-corrected chi connectivity index (χ4v) is 3.61. The van der Waals surface area contributed by atoms with Crippen LogP contribution in [-0.2, 0) is 19.4 Å². The van der Waals surface area contributed by atoms with Crippen molar-refractivity contribution >= 4 is 17.2 Å². The number of fused-ring (bicyclic) bond motifs is 1. The van der Waals surface area contributed by atoms with Gasteiger partial charge in [-0.05, 0) is 30.5 Å². The van der Waals surface area contributed by atoms with E-state index >= 15 is 0 Å². The average Bonchev–Trinajstić information content (AvgIpc) is 3.04. The first kappa shape index (κ1) is 17.3. The summed E-state index contributed by atoms with van der Waals surface area (Å²) in [4.78, 5) is 19.6. The van der Waals surface area contributed by atoms with Crippen LogP contribution in [0.4, 0.5) is 0 Å². The SMILES string of the molecule is O=c1cc(CCc2cccc(Cl)c2)nc2c(CN3CCNCC3)c[nH]n12. The van der Waals surface area contributed by atoms with Crippen molar-refractivity contribution in [2.45, 2.75) is 19.4 Å². The van der Waals surface area contributed by atoms with Crippen LogP contribution in [0, 0.1) is 0 Å². The van der Waals surface area contributed by atoms with Gasteiger partial charge in [0.15, 0.2) is 5.65 Å². The lowest BCUT2D eigenvalue weighted by Crippen LogP contribution is -2.42. The van der Waals surface area contributed by atoms with Crippen molar-refractivity contribution in [1.82, 2.24) is 24.8 Å². The number of H-pyrrole nitrogens is 1. The second-order valence-electron chi connectivity index (χ2n) is 6.70. The number of hydrogen-bond donors (Lipinski definition) is 2. The van der Waals surface area contributed by atoms with Gasteiger partial charge in [0, 0.05) is 61.3 Å². The minimum Gasteiger partial charge on any atom is -0.314 e. The molecule has 0 atom stereocenters. The van der Waals surface area contributed by atoms with Crippen LogP contribution in [0.1, 0.15) is 16.8 Å². The number of halogens is 1. The molecule has 1 aliphatic heterocycles. The van der Waals surface area contributed by atoms with E-state index in [4.69, 9.17) is 16.6 Å². The summed E-state index contributed by atoms with van der Waals surface area (Å²) in [6.45, 7) is 4.83. The summed E-state index contributed by atoms with van der Waals surface area (Å²) in [7, 11) is 0. The van der Waals surface area contributed by atoms with Crippen LogP contribution in [0.3, 0.4) is 0 Å². The highest BCUT2D eigenvalue weighted by molar-refractivity contribution is 6.30. The topological polar surface area (TPSA) is 65.4 Å². The van der Waals surface area contributed by atoms with Crippen LogP contribution in [0.15, 0.2) is 41.3 Å². The number of rotatable bonds is 5. The first-order valence-electron chi connectivity index (χ1n) is 8.95. The molecule has 1 aliphatic rings. The molecule has 3 aromatic rings. The van der Waals surface area contributed by atoms with Crippen molar-refractivity contribution in [3.05, 3.63) is 68.7 Å². The fourth-order valence-electron chi connectivity index (χ4n) is 3.40. The molecular formula is C19H22ClN5O. The Bertz CT molecular complexity index is 958. The van der Waals surface area contributed by atoms with E-state index in [1.54, 1.807) is 6.07 Å². The maximum absolute atomic E-state index is 12.4. The lowest BCUT2D eigenvalue weighted by Gasteiger charge is -2.26. The zero-order valence-electron chi connectivity index (χ0n) is 14.5. The van der Waals surface area contributed by atoms with Gasteiger partial charge in [-0.3, -0.25) is 14.8 Å². The fraction of sp³-hybridized carbons (Fsp3) is 0.368. The number of piperazine rings is 1. The minimum absolute atomic E-state index is 0.0670. The van der Waals surface area contributed by atoms with Gasteiger partial charge in [-0.15, -0.1) is 0 Å². The molecule has 1 aromatic carbocycles. The molecule has 0 spiro atoms. The molecule has 6 nitrogen and oxygen atoms in total. The predicted octanol–water partition coefficient (Wildman–Crippen LogP) is 1.87. The summed E-state index contributed by atoms with van der Waals surface area (Å²) >= 11 is 6.05. The second kappa shape index (κ2) is 7.61. The highest BCUT2D eigenvalue weighted by Gasteiger charge is 2.15. The average molecular weight is 372 g/mol. The Hall–Kier alpha value is -2.15. The van der Waals surface area contributed by atoms with Gasteiger partial charge in [0.05, 0.1) is 0 Å². The Morgan fingerprint density at radius 2 is 2.00 bits per heavy atom. The first-order valence-corrected chi connectivity index (χ1v) is 9.33. The molecule has 1 fully saturated rings. The molecule has 2 N–H and O–H groups in total. The zero-order valence-corrected chi connectivity index (χ0v) is 15.3. The lowest BCUT2D eigenvalue weighted by atomic mass is 10.1. The van der Waals surface area contributed by atoms with Gasteiger partial charge in [-0.2, -0.15) is 0 Å². The van der Waals surface area contributed by atoms with Gasteiger partial charge in [0.2, 0.25) is 0 Å². The number of benzene rings is 1. The molecule has 0 radical (unpaired) electrons. The summed E-state index contributed by atoms with van der Waals surface area (Å²) in [5.74, 6) is 0. The Morgan fingerprint density at radius 1 is 1.15 bits per heavy atom. The van der Waals surface area contributed by atoms with Crippen molar-refractivity contribution in [2.75, 3.05) is 26.2 Å². The van der Waals surface area contributed by atoms with E-state index in [1.165, 1.54) is 4.52 Å². The van der Waals surface area contributed by atoms with Gasteiger partial charge in [-0.25, -0.2) is 9.50 Å². The number of aryl methyl sites for hydroxylation is 2. The summed E-state index contributed by atoms with van der Waals surface area (Å²) in [5.41, 5.74) is 3.69. The van der Waals surface area contributed by atoms with Crippen LogP contribution in [0.5, 0.6) is 0 Å². The van der Waals surface area contributed by atoms with Crippen molar-refractivity contribution in [2.24, 2.45) is 0 Å². The molecule has 0 unspecified atom stereocenters. The molecule has 136 valence electrons. The van der Waals surface area contributed by atoms with Crippen molar-refractivity contribution < 1.29 is 0 Å². The van der Waals surface area contributed by atoms with Crippen LogP contribution in [0.2, 0.25) is 5.02 Å². The molecule has 0 saturated carbocycles. The highest BCUT2D eigenvalue weighted by atomic mass is 35.5. The summed E-state index contributed by atoms with van der Waals surface area (Å²) in [6.07, 6.45) is 3.41. The smallest absolute Gasteiger partial charge is 0.272 e. The van der Waals surface area contributed by atoms with Gasteiger partial charge in [0.1, 0.15) is 0 Å². The van der Waals surface area contributed by atoms with Crippen LogP contribution in [-0.4, -0.2) is 45.7 Å². The number of nitrogens with one attached hydrogen (secondary N) is 2. The van der Waals surface area contributed by atoms with Gasteiger partial charge in [-0.1, -0.05) is 23.7 Å². The Kier molecular flexibility index (Phi) is 5.06. The maximum atomic E-state index is 12.4. The number of aromatic amines is 1. The largest absolute Gasteiger partial charge is 0.314 e. The molecule has 3 heterocycles. The maximum Gasteiger partial charge on any atom is 0.272 e. The number of nitrogens with zero attached hydrogens (tertiary/aromatic N) is 3. The van der Waals surface area contributed by atoms with Gasteiger partial charge >= 0.3 is 0 Å².